The minimum absolute atomic E-state index is 0.564. The molecular formula is C57H31N3O2S2. The van der Waals surface area contributed by atoms with Crippen LogP contribution in [0.15, 0.2) is 197 Å². The fraction of sp³-hybridized carbons (Fsp3) is 0. The molecule has 14 aromatic rings. The molecule has 0 amide bonds. The first-order valence-corrected chi connectivity index (χ1v) is 22.9. The molecule has 0 aliphatic rings. The molecule has 0 bridgehead atoms. The topological polar surface area (TPSA) is 65.0 Å². The molecular weight excluding hydrogens is 823 g/mol. The van der Waals surface area contributed by atoms with Gasteiger partial charge < -0.3 is 8.83 Å². The molecule has 14 rings (SSSR count). The van der Waals surface area contributed by atoms with E-state index in [1.54, 1.807) is 0 Å². The molecule has 0 saturated heterocycles. The Bertz CT molecular complexity index is 4220. The Labute approximate surface area is 373 Å². The number of hydrogen-bond acceptors (Lipinski definition) is 7. The number of para-hydroxylation sites is 1. The summed E-state index contributed by atoms with van der Waals surface area (Å²) in [5, 5.41) is 9.22. The lowest BCUT2D eigenvalue weighted by atomic mass is 9.93. The Hall–Kier alpha value is -7.97. The Morgan fingerprint density at radius 1 is 0.281 bits per heavy atom. The van der Waals surface area contributed by atoms with Gasteiger partial charge in [0.15, 0.2) is 17.5 Å². The van der Waals surface area contributed by atoms with E-state index in [0.29, 0.717) is 17.5 Å². The highest BCUT2D eigenvalue weighted by Crippen LogP contribution is 2.46. The highest BCUT2D eigenvalue weighted by Gasteiger charge is 2.21. The Kier molecular flexibility index (Phi) is 7.66. The van der Waals surface area contributed by atoms with Gasteiger partial charge in [-0.3, -0.25) is 0 Å². The number of fused-ring (bicyclic) bond motifs is 12. The van der Waals surface area contributed by atoms with Gasteiger partial charge in [-0.1, -0.05) is 121 Å². The molecule has 0 N–H and O–H groups in total. The maximum absolute atomic E-state index is 6.63. The van der Waals surface area contributed by atoms with E-state index in [2.05, 4.69) is 121 Å². The molecule has 0 aliphatic carbocycles. The number of nitrogens with zero attached hydrogens (tertiary/aromatic N) is 3. The van der Waals surface area contributed by atoms with Gasteiger partial charge >= 0.3 is 0 Å². The summed E-state index contributed by atoms with van der Waals surface area (Å²) in [7, 11) is 0. The molecule has 0 atom stereocenters. The van der Waals surface area contributed by atoms with Gasteiger partial charge in [0.1, 0.15) is 22.3 Å². The number of furan rings is 2. The second-order valence-corrected chi connectivity index (χ2v) is 18.4. The van der Waals surface area contributed by atoms with E-state index in [1.165, 1.54) is 57.0 Å². The van der Waals surface area contributed by atoms with E-state index in [-0.39, 0.29) is 0 Å². The largest absolute Gasteiger partial charge is 0.456 e. The quantitative estimate of drug-likeness (QED) is 0.173. The average Bonchev–Trinajstić information content (AvgIpc) is 4.13. The summed E-state index contributed by atoms with van der Waals surface area (Å²) >= 11 is 3.71. The highest BCUT2D eigenvalue weighted by atomic mass is 32.1. The van der Waals surface area contributed by atoms with Crippen LogP contribution < -0.4 is 0 Å². The average molecular weight is 854 g/mol. The zero-order valence-electron chi connectivity index (χ0n) is 33.9. The van der Waals surface area contributed by atoms with Crippen molar-refractivity contribution >= 4 is 107 Å². The van der Waals surface area contributed by atoms with Gasteiger partial charge in [-0.05, 0) is 89.0 Å². The molecule has 5 heterocycles. The lowest BCUT2D eigenvalue weighted by molar-refractivity contribution is 0.668. The van der Waals surface area contributed by atoms with Crippen molar-refractivity contribution in [1.82, 2.24) is 15.0 Å². The number of thiophene rings is 2. The summed E-state index contributed by atoms with van der Waals surface area (Å²) < 4.78 is 18.1. The molecule has 7 heteroatoms. The van der Waals surface area contributed by atoms with Crippen LogP contribution in [0.1, 0.15) is 0 Å². The van der Waals surface area contributed by atoms with E-state index < -0.39 is 0 Å². The zero-order valence-corrected chi connectivity index (χ0v) is 35.5. The van der Waals surface area contributed by atoms with Crippen molar-refractivity contribution in [3.05, 3.63) is 188 Å². The first-order chi connectivity index (χ1) is 31.7. The first-order valence-electron chi connectivity index (χ1n) is 21.2. The lowest BCUT2D eigenvalue weighted by Gasteiger charge is -2.11. The predicted molar refractivity (Wildman–Crippen MR) is 267 cm³/mol. The Morgan fingerprint density at radius 3 is 1.78 bits per heavy atom. The van der Waals surface area contributed by atoms with Crippen molar-refractivity contribution in [1.29, 1.82) is 0 Å². The molecule has 5 aromatic heterocycles. The maximum Gasteiger partial charge on any atom is 0.164 e. The molecule has 5 nitrogen and oxygen atoms in total. The SMILES string of the molecule is c1ccc(-c2nc(-c3ccc4c(c3)oc3ccccc34)nc(-c3cccc4oc5ccc(-c6cc(-c7ccc8c(c7)sc7ccccc78)cc7sc8ccccc8c67)cc5c34)n2)cc1. The summed E-state index contributed by atoms with van der Waals surface area (Å²) in [6, 6.07) is 66.3. The minimum Gasteiger partial charge on any atom is -0.456 e. The van der Waals surface area contributed by atoms with Crippen LogP contribution in [0.25, 0.3) is 141 Å². The van der Waals surface area contributed by atoms with Crippen molar-refractivity contribution < 1.29 is 8.83 Å². The van der Waals surface area contributed by atoms with Crippen molar-refractivity contribution in [3.63, 3.8) is 0 Å². The van der Waals surface area contributed by atoms with Crippen molar-refractivity contribution in [3.8, 4) is 56.4 Å². The predicted octanol–water partition coefficient (Wildman–Crippen LogP) is 16.7. The van der Waals surface area contributed by atoms with Crippen LogP contribution >= 0.6 is 22.7 Å². The summed E-state index contributed by atoms with van der Waals surface area (Å²) in [5.41, 5.74) is 10.5. The third-order valence-electron chi connectivity index (χ3n) is 12.5. The Balaban J connectivity index is 0.969. The number of benzene rings is 9. The molecule has 298 valence electrons. The fourth-order valence-electron chi connectivity index (χ4n) is 9.54. The molecule has 64 heavy (non-hydrogen) atoms. The van der Waals surface area contributed by atoms with Gasteiger partial charge in [0.2, 0.25) is 0 Å². The minimum atomic E-state index is 0.564. The fourth-order valence-corrected chi connectivity index (χ4v) is 11.9. The van der Waals surface area contributed by atoms with Crippen molar-refractivity contribution in [2.75, 3.05) is 0 Å². The summed E-state index contributed by atoms with van der Waals surface area (Å²) in [4.78, 5) is 15.5. The standard InChI is InChI=1S/C57H31N3O2S2/c1-2-11-32(12-3-1)55-58-56(35-22-24-38-37-13-4-7-17-45(37)62-48(38)29-35)60-57(59-55)42-16-10-18-47-53(42)44-27-34(23-26-46(44)61-47)43-28-36(31-52-54(43)41-15-6-9-20-50(41)64-52)33-21-25-40-39-14-5-8-19-49(39)63-51(40)30-33/h1-31H. The van der Waals surface area contributed by atoms with E-state index in [9.17, 15) is 0 Å². The van der Waals surface area contributed by atoms with Crippen LogP contribution in [0.3, 0.4) is 0 Å². The first kappa shape index (κ1) is 35.6. The lowest BCUT2D eigenvalue weighted by Crippen LogP contribution is -2.00. The van der Waals surface area contributed by atoms with Gasteiger partial charge in [0, 0.05) is 78.6 Å². The van der Waals surface area contributed by atoms with Gasteiger partial charge in [-0.15, -0.1) is 22.7 Å². The van der Waals surface area contributed by atoms with Crippen LogP contribution in [0.4, 0.5) is 0 Å². The molecule has 9 aromatic carbocycles. The molecule has 0 fully saturated rings. The number of hydrogen-bond donors (Lipinski definition) is 0. The van der Waals surface area contributed by atoms with Crippen LogP contribution in [-0.2, 0) is 0 Å². The van der Waals surface area contributed by atoms with Crippen LogP contribution in [0, 0.1) is 0 Å². The van der Waals surface area contributed by atoms with Crippen molar-refractivity contribution in [2.24, 2.45) is 0 Å². The third-order valence-corrected chi connectivity index (χ3v) is 14.8. The molecule has 0 saturated carbocycles. The smallest absolute Gasteiger partial charge is 0.164 e. The molecule has 0 radical (unpaired) electrons. The highest BCUT2D eigenvalue weighted by molar-refractivity contribution is 7.26. The number of rotatable bonds is 5. The summed E-state index contributed by atoms with van der Waals surface area (Å²) in [5.74, 6) is 1.72. The van der Waals surface area contributed by atoms with E-state index in [4.69, 9.17) is 23.8 Å². The van der Waals surface area contributed by atoms with Crippen LogP contribution in [-0.4, -0.2) is 15.0 Å². The number of aromatic nitrogens is 3. The van der Waals surface area contributed by atoms with E-state index in [0.717, 1.165) is 66.1 Å². The molecule has 0 unspecified atom stereocenters. The van der Waals surface area contributed by atoms with Gasteiger partial charge in [0.05, 0.1) is 0 Å². The molecule has 0 spiro atoms. The second-order valence-electron chi connectivity index (χ2n) is 16.3. The normalized spacial score (nSPS) is 12.1. The maximum atomic E-state index is 6.63. The van der Waals surface area contributed by atoms with Crippen LogP contribution in [0.5, 0.6) is 0 Å². The van der Waals surface area contributed by atoms with E-state index in [1.807, 2.05) is 89.4 Å². The summed E-state index contributed by atoms with van der Waals surface area (Å²) in [6.07, 6.45) is 0. The van der Waals surface area contributed by atoms with Gasteiger partial charge in [-0.25, -0.2) is 15.0 Å². The Morgan fingerprint density at radius 2 is 0.891 bits per heavy atom. The van der Waals surface area contributed by atoms with Crippen molar-refractivity contribution in [2.45, 2.75) is 0 Å². The summed E-state index contributed by atoms with van der Waals surface area (Å²) in [6.45, 7) is 0. The third kappa shape index (κ3) is 5.51. The second kappa shape index (κ2) is 13.8. The van der Waals surface area contributed by atoms with Crippen LogP contribution in [0.2, 0.25) is 0 Å². The van der Waals surface area contributed by atoms with E-state index >= 15 is 0 Å². The van der Waals surface area contributed by atoms with Gasteiger partial charge in [-0.2, -0.15) is 0 Å². The van der Waals surface area contributed by atoms with Gasteiger partial charge in [0.25, 0.3) is 0 Å². The molecule has 0 aliphatic heterocycles. The zero-order chi connectivity index (χ0) is 41.9. The monoisotopic (exact) mass is 853 g/mol.